The van der Waals surface area contributed by atoms with Gasteiger partial charge in [0.15, 0.2) is 0 Å². The van der Waals surface area contributed by atoms with Crippen LogP contribution in [0.25, 0.3) is 11.3 Å². The minimum Gasteiger partial charge on any atom is -0.350 e. The third kappa shape index (κ3) is 2.84. The van der Waals surface area contributed by atoms with Crippen LogP contribution in [0, 0.1) is 6.92 Å². The number of carbonyl (C=O) groups excluding carboxylic acids is 1. The molecule has 0 unspecified atom stereocenters. The number of hydrogen-bond donors (Lipinski definition) is 1. The lowest BCUT2D eigenvalue weighted by Gasteiger charge is -2.05. The van der Waals surface area contributed by atoms with E-state index >= 15 is 0 Å². The summed E-state index contributed by atoms with van der Waals surface area (Å²) in [5, 5.41) is 6.75. The minimum absolute atomic E-state index is 0.192. The largest absolute Gasteiger partial charge is 0.350 e. The van der Waals surface area contributed by atoms with Gasteiger partial charge in [0.2, 0.25) is 5.76 Å². The van der Waals surface area contributed by atoms with Gasteiger partial charge in [0, 0.05) is 17.3 Å². The van der Waals surface area contributed by atoms with Crippen molar-refractivity contribution in [2.24, 2.45) is 0 Å². The van der Waals surface area contributed by atoms with E-state index in [0.717, 1.165) is 16.8 Å². The van der Waals surface area contributed by atoms with Gasteiger partial charge in [-0.3, -0.25) is 4.79 Å². The molecular weight excluding hydrogens is 264 g/mol. The predicted molar refractivity (Wildman–Crippen MR) is 81.1 cm³/mol. The number of nitrogens with zero attached hydrogens (tertiary/aromatic N) is 1. The molecule has 4 heteroatoms. The van der Waals surface area contributed by atoms with Crippen molar-refractivity contribution in [3.8, 4) is 11.3 Å². The number of aryl methyl sites for hydroxylation is 1. The predicted octanol–water partition coefficient (Wildman–Crippen LogP) is 3.90. The molecule has 0 saturated heterocycles. The van der Waals surface area contributed by atoms with E-state index in [-0.39, 0.29) is 11.7 Å². The molecule has 3 rings (SSSR count). The van der Waals surface area contributed by atoms with Crippen molar-refractivity contribution < 1.29 is 9.32 Å². The third-order valence-electron chi connectivity index (χ3n) is 3.20. The molecule has 0 fully saturated rings. The molecule has 1 amide bonds. The molecule has 0 spiro atoms. The molecule has 1 N–H and O–H groups in total. The molecule has 21 heavy (non-hydrogen) atoms. The second-order valence-corrected chi connectivity index (χ2v) is 4.71. The van der Waals surface area contributed by atoms with Gasteiger partial charge in [-0.25, -0.2) is 0 Å². The molecule has 2 aromatic carbocycles. The van der Waals surface area contributed by atoms with E-state index in [9.17, 15) is 4.79 Å². The number of benzene rings is 2. The first-order chi connectivity index (χ1) is 10.2. The van der Waals surface area contributed by atoms with Gasteiger partial charge in [-0.05, 0) is 18.6 Å². The Morgan fingerprint density at radius 2 is 1.76 bits per heavy atom. The average molecular weight is 278 g/mol. The summed E-state index contributed by atoms with van der Waals surface area (Å²) in [6, 6.07) is 18.8. The molecule has 0 bridgehead atoms. The highest BCUT2D eigenvalue weighted by molar-refractivity contribution is 6.03. The zero-order valence-corrected chi connectivity index (χ0v) is 11.5. The van der Waals surface area contributed by atoms with E-state index in [0.29, 0.717) is 5.69 Å². The molecule has 0 saturated carbocycles. The fourth-order valence-corrected chi connectivity index (χ4v) is 2.02. The standard InChI is InChI=1S/C17H14N2O2/c1-12-7-5-6-10-14(12)18-17(20)16-11-15(19-21-16)13-8-3-2-4-9-13/h2-11H,1H3,(H,18,20). The Bertz CT molecular complexity index is 763. The van der Waals surface area contributed by atoms with Crippen molar-refractivity contribution >= 4 is 11.6 Å². The van der Waals surface area contributed by atoms with Crippen LogP contribution >= 0.6 is 0 Å². The van der Waals surface area contributed by atoms with Gasteiger partial charge in [-0.1, -0.05) is 53.7 Å². The van der Waals surface area contributed by atoms with E-state index < -0.39 is 0 Å². The minimum atomic E-state index is -0.306. The summed E-state index contributed by atoms with van der Waals surface area (Å²) in [4.78, 5) is 12.2. The summed E-state index contributed by atoms with van der Waals surface area (Å²) in [6.07, 6.45) is 0. The lowest BCUT2D eigenvalue weighted by Crippen LogP contribution is -2.11. The average Bonchev–Trinajstić information content (AvgIpc) is 3.00. The molecule has 0 aliphatic rings. The van der Waals surface area contributed by atoms with E-state index in [2.05, 4.69) is 10.5 Å². The highest BCUT2D eigenvalue weighted by Gasteiger charge is 2.14. The molecule has 4 nitrogen and oxygen atoms in total. The number of hydrogen-bond acceptors (Lipinski definition) is 3. The van der Waals surface area contributed by atoms with E-state index in [1.807, 2.05) is 61.5 Å². The van der Waals surface area contributed by atoms with Crippen molar-refractivity contribution in [3.63, 3.8) is 0 Å². The van der Waals surface area contributed by atoms with Crippen molar-refractivity contribution in [1.29, 1.82) is 0 Å². The summed E-state index contributed by atoms with van der Waals surface area (Å²) in [5.74, 6) is -0.115. The number of nitrogens with one attached hydrogen (secondary N) is 1. The summed E-state index contributed by atoms with van der Waals surface area (Å²) in [6.45, 7) is 1.94. The molecule has 0 aliphatic carbocycles. The van der Waals surface area contributed by atoms with Crippen LogP contribution in [-0.2, 0) is 0 Å². The first kappa shape index (κ1) is 13.1. The lowest BCUT2D eigenvalue weighted by molar-refractivity contribution is 0.0988. The van der Waals surface area contributed by atoms with Gasteiger partial charge in [-0.2, -0.15) is 0 Å². The smallest absolute Gasteiger partial charge is 0.294 e. The number of amides is 1. The van der Waals surface area contributed by atoms with Gasteiger partial charge < -0.3 is 9.84 Å². The summed E-state index contributed by atoms with van der Waals surface area (Å²) in [5.41, 5.74) is 3.32. The first-order valence-electron chi connectivity index (χ1n) is 6.63. The van der Waals surface area contributed by atoms with Crippen LogP contribution in [0.15, 0.2) is 65.2 Å². The van der Waals surface area contributed by atoms with Crippen LogP contribution in [0.1, 0.15) is 16.1 Å². The van der Waals surface area contributed by atoms with Crippen molar-refractivity contribution in [2.75, 3.05) is 5.32 Å². The van der Waals surface area contributed by atoms with Crippen LogP contribution in [-0.4, -0.2) is 11.1 Å². The first-order valence-corrected chi connectivity index (χ1v) is 6.63. The Morgan fingerprint density at radius 1 is 1.05 bits per heavy atom. The van der Waals surface area contributed by atoms with Crippen LogP contribution in [0.3, 0.4) is 0 Å². The molecule has 0 radical (unpaired) electrons. The van der Waals surface area contributed by atoms with Crippen molar-refractivity contribution in [3.05, 3.63) is 72.0 Å². The highest BCUT2D eigenvalue weighted by Crippen LogP contribution is 2.20. The van der Waals surface area contributed by atoms with E-state index in [4.69, 9.17) is 4.52 Å². The third-order valence-corrected chi connectivity index (χ3v) is 3.20. The van der Waals surface area contributed by atoms with Gasteiger partial charge in [-0.15, -0.1) is 0 Å². The fourth-order valence-electron chi connectivity index (χ4n) is 2.02. The second-order valence-electron chi connectivity index (χ2n) is 4.71. The summed E-state index contributed by atoms with van der Waals surface area (Å²) >= 11 is 0. The topological polar surface area (TPSA) is 55.1 Å². The van der Waals surface area contributed by atoms with Crippen LogP contribution in [0.4, 0.5) is 5.69 Å². The molecule has 3 aromatic rings. The normalized spacial score (nSPS) is 10.3. The maximum atomic E-state index is 12.2. The number of aromatic nitrogens is 1. The zero-order valence-electron chi connectivity index (χ0n) is 11.5. The van der Waals surface area contributed by atoms with Crippen LogP contribution in [0.5, 0.6) is 0 Å². The molecule has 0 aliphatic heterocycles. The van der Waals surface area contributed by atoms with Gasteiger partial charge in [0.1, 0.15) is 5.69 Å². The maximum Gasteiger partial charge on any atom is 0.294 e. The number of rotatable bonds is 3. The molecule has 1 aromatic heterocycles. The van der Waals surface area contributed by atoms with E-state index in [1.54, 1.807) is 6.07 Å². The molecule has 0 atom stereocenters. The van der Waals surface area contributed by atoms with E-state index in [1.165, 1.54) is 0 Å². The lowest BCUT2D eigenvalue weighted by atomic mass is 10.1. The maximum absolute atomic E-state index is 12.2. The highest BCUT2D eigenvalue weighted by atomic mass is 16.5. The zero-order chi connectivity index (χ0) is 14.7. The molecular formula is C17H14N2O2. The van der Waals surface area contributed by atoms with Crippen molar-refractivity contribution in [1.82, 2.24) is 5.16 Å². The Kier molecular flexibility index (Phi) is 3.51. The van der Waals surface area contributed by atoms with Gasteiger partial charge in [0.05, 0.1) is 0 Å². The number of para-hydroxylation sites is 1. The van der Waals surface area contributed by atoms with Crippen LogP contribution in [0.2, 0.25) is 0 Å². The van der Waals surface area contributed by atoms with Crippen LogP contribution < -0.4 is 5.32 Å². The summed E-state index contributed by atoms with van der Waals surface area (Å²) < 4.78 is 5.13. The Labute approximate surface area is 122 Å². The van der Waals surface area contributed by atoms with Gasteiger partial charge >= 0.3 is 0 Å². The Morgan fingerprint density at radius 3 is 2.52 bits per heavy atom. The number of anilines is 1. The summed E-state index contributed by atoms with van der Waals surface area (Å²) in [7, 11) is 0. The van der Waals surface area contributed by atoms with Crippen molar-refractivity contribution in [2.45, 2.75) is 6.92 Å². The Hall–Kier alpha value is -2.88. The monoisotopic (exact) mass is 278 g/mol. The quantitative estimate of drug-likeness (QED) is 0.790. The fraction of sp³-hybridized carbons (Fsp3) is 0.0588. The SMILES string of the molecule is Cc1ccccc1NC(=O)c1cc(-c2ccccc2)no1. The number of carbonyl (C=O) groups is 1. The second kappa shape index (κ2) is 5.63. The molecule has 104 valence electrons. The van der Waals surface area contributed by atoms with Gasteiger partial charge in [0.25, 0.3) is 5.91 Å². The Balaban J connectivity index is 1.80. The molecule has 1 heterocycles.